The second-order valence-electron chi connectivity index (χ2n) is 4.45. The largest absolute Gasteiger partial charge is 0.396 e. The van der Waals surface area contributed by atoms with E-state index in [1.807, 2.05) is 0 Å². The van der Waals surface area contributed by atoms with E-state index in [0.29, 0.717) is 41.6 Å². The highest BCUT2D eigenvalue weighted by atomic mass is 32.2. The van der Waals surface area contributed by atoms with Crippen molar-refractivity contribution in [2.45, 2.75) is 18.1 Å². The molecule has 2 rings (SSSR count). The van der Waals surface area contributed by atoms with Crippen LogP contribution in [0.4, 0.5) is 0 Å². The zero-order valence-corrected chi connectivity index (χ0v) is 12.8. The third-order valence-corrected chi connectivity index (χ3v) is 4.09. The second kappa shape index (κ2) is 6.92. The minimum Gasteiger partial charge on any atom is -0.396 e. The van der Waals surface area contributed by atoms with E-state index in [1.54, 1.807) is 18.7 Å². The number of hydrogen-bond donors (Lipinski definition) is 2. The van der Waals surface area contributed by atoms with Gasteiger partial charge in [0.2, 0.25) is 0 Å². The van der Waals surface area contributed by atoms with Crippen LogP contribution in [0.15, 0.2) is 14.7 Å². The van der Waals surface area contributed by atoms with Gasteiger partial charge in [0, 0.05) is 33.1 Å². The fraction of sp³-hybridized carbons (Fsp3) is 0.583. The molecule has 0 saturated carbocycles. The number of aliphatic hydroxyl groups excluding tert-OH is 1. The molecule has 8 nitrogen and oxygen atoms in total. The lowest BCUT2D eigenvalue weighted by atomic mass is 10.5. The van der Waals surface area contributed by atoms with Crippen LogP contribution in [0.2, 0.25) is 0 Å². The van der Waals surface area contributed by atoms with E-state index in [0.717, 1.165) is 0 Å². The molecule has 0 spiro atoms. The molecule has 21 heavy (non-hydrogen) atoms. The van der Waals surface area contributed by atoms with Crippen LogP contribution in [0.1, 0.15) is 6.42 Å². The van der Waals surface area contributed by atoms with Crippen molar-refractivity contribution in [3.05, 3.63) is 20.8 Å². The molecule has 0 saturated heterocycles. The highest BCUT2D eigenvalue weighted by Gasteiger charge is 2.17. The molecule has 0 radical (unpaired) electrons. The van der Waals surface area contributed by atoms with Crippen molar-refractivity contribution >= 4 is 22.9 Å². The molecule has 0 aliphatic rings. The highest BCUT2D eigenvalue weighted by Crippen LogP contribution is 2.21. The van der Waals surface area contributed by atoms with Crippen LogP contribution < -0.4 is 11.2 Å². The van der Waals surface area contributed by atoms with Crippen LogP contribution in [-0.2, 0) is 18.3 Å². The van der Waals surface area contributed by atoms with Crippen molar-refractivity contribution in [3.8, 4) is 0 Å². The van der Waals surface area contributed by atoms with Crippen LogP contribution in [0.5, 0.6) is 0 Å². The standard InChI is InChI=1S/C12H18N4O4S/c1-15-9-8(10(18)14-11(15)19)16(4-6-20-2)12(13-9)21-7-3-5-17/h17H,3-7H2,1-2H3,(H,14,18,19). The smallest absolute Gasteiger partial charge is 0.329 e. The van der Waals surface area contributed by atoms with Crippen LogP contribution in [0.3, 0.4) is 0 Å². The molecule has 0 fully saturated rings. The lowest BCUT2D eigenvalue weighted by Gasteiger charge is -2.07. The number of aliphatic hydroxyl groups is 1. The van der Waals surface area contributed by atoms with Crippen molar-refractivity contribution in [1.29, 1.82) is 0 Å². The second-order valence-corrected chi connectivity index (χ2v) is 5.52. The number of ether oxygens (including phenoxy) is 1. The molecule has 0 atom stereocenters. The summed E-state index contributed by atoms with van der Waals surface area (Å²) in [5.41, 5.74) is -0.228. The van der Waals surface area contributed by atoms with Crippen LogP contribution in [0.25, 0.3) is 11.2 Å². The average molecular weight is 314 g/mol. The number of nitrogens with zero attached hydrogens (tertiary/aromatic N) is 3. The van der Waals surface area contributed by atoms with Crippen molar-refractivity contribution in [3.63, 3.8) is 0 Å². The molecule has 0 aromatic carbocycles. The molecule has 0 aliphatic carbocycles. The van der Waals surface area contributed by atoms with E-state index >= 15 is 0 Å². The van der Waals surface area contributed by atoms with Gasteiger partial charge in [-0.1, -0.05) is 11.8 Å². The van der Waals surface area contributed by atoms with Gasteiger partial charge in [0.05, 0.1) is 6.61 Å². The first kappa shape index (κ1) is 15.8. The number of thioether (sulfide) groups is 1. The number of aromatic amines is 1. The fourth-order valence-corrected chi connectivity index (χ4v) is 2.89. The Balaban J connectivity index is 2.55. The minimum absolute atomic E-state index is 0.102. The van der Waals surface area contributed by atoms with Gasteiger partial charge >= 0.3 is 5.69 Å². The van der Waals surface area contributed by atoms with Crippen molar-refractivity contribution in [1.82, 2.24) is 19.1 Å². The summed E-state index contributed by atoms with van der Waals surface area (Å²) in [7, 11) is 3.15. The Labute approximate surface area is 124 Å². The van der Waals surface area contributed by atoms with Gasteiger partial charge in [-0.2, -0.15) is 0 Å². The number of nitrogens with one attached hydrogen (secondary N) is 1. The molecule has 116 valence electrons. The highest BCUT2D eigenvalue weighted by molar-refractivity contribution is 7.99. The van der Waals surface area contributed by atoms with Gasteiger partial charge in [0.25, 0.3) is 5.56 Å². The Hall–Kier alpha value is -1.58. The summed E-state index contributed by atoms with van der Waals surface area (Å²) < 4.78 is 8.12. The first-order valence-corrected chi connectivity index (χ1v) is 7.50. The maximum Gasteiger partial charge on any atom is 0.329 e. The summed E-state index contributed by atoms with van der Waals surface area (Å²) in [6, 6.07) is 0. The summed E-state index contributed by atoms with van der Waals surface area (Å²) in [6.45, 7) is 1.00. The zero-order valence-electron chi connectivity index (χ0n) is 12.0. The molecule has 9 heteroatoms. The normalized spacial score (nSPS) is 11.4. The molecule has 2 N–H and O–H groups in total. The van der Waals surface area contributed by atoms with Crippen molar-refractivity contribution < 1.29 is 9.84 Å². The minimum atomic E-state index is -0.490. The Kier molecular flexibility index (Phi) is 5.21. The van der Waals surface area contributed by atoms with E-state index in [1.165, 1.54) is 16.3 Å². The quantitative estimate of drug-likeness (QED) is 0.530. The van der Waals surface area contributed by atoms with Crippen LogP contribution >= 0.6 is 11.8 Å². The van der Waals surface area contributed by atoms with Gasteiger partial charge < -0.3 is 14.4 Å². The van der Waals surface area contributed by atoms with Gasteiger partial charge in [0.15, 0.2) is 16.3 Å². The average Bonchev–Trinajstić information content (AvgIpc) is 2.82. The van der Waals surface area contributed by atoms with E-state index in [2.05, 4.69) is 9.97 Å². The number of aromatic nitrogens is 4. The third kappa shape index (κ3) is 3.20. The topological polar surface area (TPSA) is 102 Å². The first-order valence-electron chi connectivity index (χ1n) is 6.52. The fourth-order valence-electron chi connectivity index (χ4n) is 1.94. The van der Waals surface area contributed by atoms with E-state index in [9.17, 15) is 9.59 Å². The summed E-state index contributed by atoms with van der Waals surface area (Å²) in [5.74, 6) is 0.679. The zero-order chi connectivity index (χ0) is 15.4. The predicted octanol–water partition coefficient (Wildman–Crippen LogP) is -0.456. The first-order chi connectivity index (χ1) is 10.1. The molecular weight excluding hydrogens is 296 g/mol. The number of methoxy groups -OCH3 is 1. The number of aryl methyl sites for hydroxylation is 1. The van der Waals surface area contributed by atoms with Crippen LogP contribution in [-0.4, -0.2) is 50.3 Å². The Bertz CT molecular complexity index is 733. The van der Waals surface area contributed by atoms with Gasteiger partial charge in [-0.3, -0.25) is 14.3 Å². The predicted molar refractivity (Wildman–Crippen MR) is 79.9 cm³/mol. The van der Waals surface area contributed by atoms with Crippen molar-refractivity contribution in [2.75, 3.05) is 26.1 Å². The maximum absolute atomic E-state index is 12.1. The number of fused-ring (bicyclic) bond motifs is 1. The van der Waals surface area contributed by atoms with Gasteiger partial charge in [0.1, 0.15) is 0 Å². The molecule has 0 aliphatic heterocycles. The lowest BCUT2D eigenvalue weighted by Crippen LogP contribution is -2.29. The molecule has 0 amide bonds. The number of hydrogen-bond acceptors (Lipinski definition) is 6. The van der Waals surface area contributed by atoms with Gasteiger partial charge in [-0.15, -0.1) is 0 Å². The molecule has 0 bridgehead atoms. The SMILES string of the molecule is COCCn1c(SCCCO)nc2c1c(=O)[nH]c(=O)n2C. The number of imidazole rings is 1. The third-order valence-electron chi connectivity index (χ3n) is 3.02. The molecule has 2 aromatic rings. The Morgan fingerprint density at radius 1 is 1.43 bits per heavy atom. The van der Waals surface area contributed by atoms with E-state index < -0.39 is 11.2 Å². The van der Waals surface area contributed by atoms with E-state index in [4.69, 9.17) is 9.84 Å². The molecule has 2 aromatic heterocycles. The van der Waals surface area contributed by atoms with Crippen LogP contribution in [0, 0.1) is 0 Å². The Morgan fingerprint density at radius 2 is 2.19 bits per heavy atom. The van der Waals surface area contributed by atoms with E-state index in [-0.39, 0.29) is 6.61 Å². The molecule has 2 heterocycles. The maximum atomic E-state index is 12.1. The van der Waals surface area contributed by atoms with Gasteiger partial charge in [-0.25, -0.2) is 9.78 Å². The summed E-state index contributed by atoms with van der Waals surface area (Å²) in [4.78, 5) is 30.4. The number of rotatable bonds is 7. The summed E-state index contributed by atoms with van der Waals surface area (Å²) in [5, 5.41) is 9.50. The summed E-state index contributed by atoms with van der Waals surface area (Å²) in [6.07, 6.45) is 0.632. The van der Waals surface area contributed by atoms with Gasteiger partial charge in [-0.05, 0) is 6.42 Å². The number of H-pyrrole nitrogens is 1. The molecule has 0 unspecified atom stereocenters. The van der Waals surface area contributed by atoms with Crippen molar-refractivity contribution in [2.24, 2.45) is 7.05 Å². The molecular formula is C12H18N4O4S. The Morgan fingerprint density at radius 3 is 2.86 bits per heavy atom. The monoisotopic (exact) mass is 314 g/mol. The summed E-state index contributed by atoms with van der Waals surface area (Å²) >= 11 is 1.44. The lowest BCUT2D eigenvalue weighted by molar-refractivity contribution is 0.186.